The quantitative estimate of drug-likeness (QED) is 0.718. The van der Waals surface area contributed by atoms with E-state index in [-0.39, 0.29) is 11.8 Å². The normalized spacial score (nSPS) is 10.4. The van der Waals surface area contributed by atoms with Crippen molar-refractivity contribution in [3.05, 3.63) is 70.6 Å². The van der Waals surface area contributed by atoms with Gasteiger partial charge in [0.2, 0.25) is 5.91 Å². The van der Waals surface area contributed by atoms with Gasteiger partial charge in [0.1, 0.15) is 0 Å². The van der Waals surface area contributed by atoms with Crippen LogP contribution >= 0.6 is 11.3 Å². The highest BCUT2D eigenvalue weighted by Gasteiger charge is 2.10. The zero-order chi connectivity index (χ0) is 18.5. The number of hydrogen-bond donors (Lipinski definition) is 2. The number of nitrogens with zero attached hydrogens (tertiary/aromatic N) is 1. The lowest BCUT2D eigenvalue weighted by Gasteiger charge is -2.05. The Bertz CT molecular complexity index is 915. The second kappa shape index (κ2) is 7.93. The van der Waals surface area contributed by atoms with Crippen LogP contribution in [0.1, 0.15) is 28.4 Å². The number of benzene rings is 2. The van der Waals surface area contributed by atoms with Gasteiger partial charge in [0.15, 0.2) is 5.13 Å². The first-order valence-corrected chi connectivity index (χ1v) is 9.06. The van der Waals surface area contributed by atoms with Crippen LogP contribution in [0.3, 0.4) is 0 Å². The second-order valence-electron chi connectivity index (χ2n) is 5.96. The number of amides is 2. The van der Waals surface area contributed by atoms with Gasteiger partial charge in [-0.05, 0) is 24.6 Å². The van der Waals surface area contributed by atoms with Crippen LogP contribution in [-0.4, -0.2) is 16.8 Å². The van der Waals surface area contributed by atoms with E-state index in [1.165, 1.54) is 23.8 Å². The highest BCUT2D eigenvalue weighted by molar-refractivity contribution is 7.14. The zero-order valence-electron chi connectivity index (χ0n) is 14.6. The van der Waals surface area contributed by atoms with E-state index in [1.54, 1.807) is 12.1 Å². The minimum atomic E-state index is -0.208. The van der Waals surface area contributed by atoms with Gasteiger partial charge < -0.3 is 5.32 Å². The first kappa shape index (κ1) is 17.8. The summed E-state index contributed by atoms with van der Waals surface area (Å²) in [5, 5.41) is 8.04. The van der Waals surface area contributed by atoms with E-state index in [1.807, 2.05) is 48.7 Å². The van der Waals surface area contributed by atoms with E-state index in [0.29, 0.717) is 17.2 Å². The summed E-state index contributed by atoms with van der Waals surface area (Å²) in [5.74, 6) is -0.291. The molecular weight excluding hydrogens is 346 g/mol. The molecule has 0 aliphatic carbocycles. The summed E-state index contributed by atoms with van der Waals surface area (Å²) in [6, 6.07) is 15.2. The Morgan fingerprint density at radius 3 is 2.38 bits per heavy atom. The largest absolute Gasteiger partial charge is 0.352 e. The lowest BCUT2D eigenvalue weighted by Crippen LogP contribution is -2.19. The van der Waals surface area contributed by atoms with Crippen LogP contribution in [-0.2, 0) is 11.3 Å². The standard InChI is InChI=1S/C20H19N3O2S/c1-13-3-7-16(8-4-13)18-12-26-20(22-18)23-19(25)17-9-5-15(6-10-17)11-21-14(2)24/h3-10,12H,11H2,1-2H3,(H,21,24)(H,22,23,25). The summed E-state index contributed by atoms with van der Waals surface area (Å²) in [5.41, 5.74) is 4.54. The van der Waals surface area contributed by atoms with Crippen molar-refractivity contribution in [1.82, 2.24) is 10.3 Å². The number of carbonyl (C=O) groups excluding carboxylic acids is 2. The first-order valence-electron chi connectivity index (χ1n) is 8.18. The molecule has 6 heteroatoms. The van der Waals surface area contributed by atoms with Crippen molar-refractivity contribution in [3.63, 3.8) is 0 Å². The molecule has 0 bridgehead atoms. The van der Waals surface area contributed by atoms with E-state index < -0.39 is 0 Å². The third-order valence-corrected chi connectivity index (χ3v) is 4.59. The molecule has 26 heavy (non-hydrogen) atoms. The smallest absolute Gasteiger partial charge is 0.257 e. The zero-order valence-corrected chi connectivity index (χ0v) is 15.4. The SMILES string of the molecule is CC(=O)NCc1ccc(C(=O)Nc2nc(-c3ccc(C)cc3)cs2)cc1. The monoisotopic (exact) mass is 365 g/mol. The van der Waals surface area contributed by atoms with E-state index >= 15 is 0 Å². The second-order valence-corrected chi connectivity index (χ2v) is 6.82. The Labute approximate surface area is 156 Å². The average Bonchev–Trinajstić information content (AvgIpc) is 3.09. The molecule has 0 fully saturated rings. The van der Waals surface area contributed by atoms with E-state index in [9.17, 15) is 9.59 Å². The van der Waals surface area contributed by atoms with E-state index in [4.69, 9.17) is 0 Å². The van der Waals surface area contributed by atoms with Gasteiger partial charge in [-0.3, -0.25) is 14.9 Å². The predicted octanol–water partition coefficient (Wildman–Crippen LogP) is 4.01. The van der Waals surface area contributed by atoms with Crippen molar-refractivity contribution < 1.29 is 9.59 Å². The van der Waals surface area contributed by atoms with Crippen molar-refractivity contribution in [2.45, 2.75) is 20.4 Å². The number of aromatic nitrogens is 1. The molecule has 2 amide bonds. The van der Waals surface area contributed by atoms with Gasteiger partial charge in [0.05, 0.1) is 5.69 Å². The van der Waals surface area contributed by atoms with Crippen molar-refractivity contribution >= 4 is 28.3 Å². The van der Waals surface area contributed by atoms with Crippen LogP contribution in [0.5, 0.6) is 0 Å². The summed E-state index contributed by atoms with van der Waals surface area (Å²) >= 11 is 1.40. The molecule has 0 unspecified atom stereocenters. The van der Waals surface area contributed by atoms with Crippen molar-refractivity contribution in [2.24, 2.45) is 0 Å². The Hall–Kier alpha value is -2.99. The van der Waals surface area contributed by atoms with Gasteiger partial charge in [-0.25, -0.2) is 4.98 Å². The van der Waals surface area contributed by atoms with Gasteiger partial charge in [0, 0.05) is 30.0 Å². The number of rotatable bonds is 5. The number of anilines is 1. The summed E-state index contributed by atoms with van der Waals surface area (Å²) in [7, 11) is 0. The van der Waals surface area contributed by atoms with Crippen LogP contribution in [0.4, 0.5) is 5.13 Å². The molecule has 0 saturated heterocycles. The molecule has 0 radical (unpaired) electrons. The van der Waals surface area contributed by atoms with Crippen LogP contribution in [0.2, 0.25) is 0 Å². The molecule has 2 aromatic carbocycles. The molecule has 3 aromatic rings. The van der Waals surface area contributed by atoms with Crippen molar-refractivity contribution in [1.29, 1.82) is 0 Å². The van der Waals surface area contributed by atoms with Gasteiger partial charge >= 0.3 is 0 Å². The fourth-order valence-electron chi connectivity index (χ4n) is 2.36. The molecule has 5 nitrogen and oxygen atoms in total. The topological polar surface area (TPSA) is 71.1 Å². The molecule has 0 aliphatic heterocycles. The maximum Gasteiger partial charge on any atom is 0.257 e. The molecule has 3 rings (SSSR count). The lowest BCUT2D eigenvalue weighted by atomic mass is 10.1. The molecule has 0 aliphatic rings. The van der Waals surface area contributed by atoms with Gasteiger partial charge in [-0.1, -0.05) is 42.0 Å². The van der Waals surface area contributed by atoms with Gasteiger partial charge in [-0.15, -0.1) is 11.3 Å². The number of hydrogen-bond acceptors (Lipinski definition) is 4. The van der Waals surface area contributed by atoms with Gasteiger partial charge in [-0.2, -0.15) is 0 Å². The molecule has 2 N–H and O–H groups in total. The molecule has 1 aromatic heterocycles. The summed E-state index contributed by atoms with van der Waals surface area (Å²) < 4.78 is 0. The van der Waals surface area contributed by atoms with E-state index in [0.717, 1.165) is 16.8 Å². The molecule has 0 atom stereocenters. The van der Waals surface area contributed by atoms with E-state index in [2.05, 4.69) is 15.6 Å². The fourth-order valence-corrected chi connectivity index (χ4v) is 3.07. The maximum absolute atomic E-state index is 12.4. The molecule has 1 heterocycles. The molecule has 0 saturated carbocycles. The molecule has 0 spiro atoms. The minimum Gasteiger partial charge on any atom is -0.352 e. The summed E-state index contributed by atoms with van der Waals surface area (Å²) in [6.45, 7) is 3.96. The van der Waals surface area contributed by atoms with Crippen LogP contribution < -0.4 is 10.6 Å². The third kappa shape index (κ3) is 4.55. The highest BCUT2D eigenvalue weighted by Crippen LogP contribution is 2.25. The number of thiazole rings is 1. The molecule has 132 valence electrons. The van der Waals surface area contributed by atoms with Crippen LogP contribution in [0.25, 0.3) is 11.3 Å². The predicted molar refractivity (Wildman–Crippen MR) is 104 cm³/mol. The van der Waals surface area contributed by atoms with Crippen molar-refractivity contribution in [3.8, 4) is 11.3 Å². The van der Waals surface area contributed by atoms with Crippen LogP contribution in [0, 0.1) is 6.92 Å². The molecular formula is C20H19N3O2S. The lowest BCUT2D eigenvalue weighted by molar-refractivity contribution is -0.119. The number of nitrogens with one attached hydrogen (secondary N) is 2. The maximum atomic E-state index is 12.4. The Morgan fingerprint density at radius 2 is 1.73 bits per heavy atom. The summed E-state index contributed by atoms with van der Waals surface area (Å²) in [4.78, 5) is 27.8. The summed E-state index contributed by atoms with van der Waals surface area (Å²) in [6.07, 6.45) is 0. The fraction of sp³-hybridized carbons (Fsp3) is 0.150. The van der Waals surface area contributed by atoms with Crippen LogP contribution in [0.15, 0.2) is 53.9 Å². The van der Waals surface area contributed by atoms with Gasteiger partial charge in [0.25, 0.3) is 5.91 Å². The Kier molecular flexibility index (Phi) is 5.43. The number of aryl methyl sites for hydroxylation is 1. The Morgan fingerprint density at radius 1 is 1.04 bits per heavy atom. The highest BCUT2D eigenvalue weighted by atomic mass is 32.1. The Balaban J connectivity index is 1.64. The number of carbonyl (C=O) groups is 2. The third-order valence-electron chi connectivity index (χ3n) is 3.83. The minimum absolute atomic E-state index is 0.0834. The van der Waals surface area contributed by atoms with Crippen molar-refractivity contribution in [2.75, 3.05) is 5.32 Å². The first-order chi connectivity index (χ1) is 12.5. The average molecular weight is 365 g/mol.